The van der Waals surface area contributed by atoms with E-state index in [1.165, 1.54) is 18.4 Å². The van der Waals surface area contributed by atoms with Gasteiger partial charge in [-0.1, -0.05) is 11.6 Å². The summed E-state index contributed by atoms with van der Waals surface area (Å²) in [5.41, 5.74) is 10.9. The molecule has 5 nitrogen and oxygen atoms in total. The molecule has 6 heteroatoms. The second-order valence-corrected chi connectivity index (χ2v) is 5.08. The van der Waals surface area contributed by atoms with Gasteiger partial charge in [-0.25, -0.2) is 4.79 Å². The molecule has 0 saturated heterocycles. The van der Waals surface area contributed by atoms with Crippen LogP contribution in [-0.4, -0.2) is 35.1 Å². The number of carbonyl (C=O) groups is 1. The molecule has 1 saturated carbocycles. The van der Waals surface area contributed by atoms with Gasteiger partial charge in [0, 0.05) is 6.54 Å². The van der Waals surface area contributed by atoms with Crippen LogP contribution in [0.4, 0.5) is 4.79 Å². The van der Waals surface area contributed by atoms with Crippen molar-refractivity contribution in [3.8, 4) is 0 Å². The molecule has 0 spiro atoms. The summed E-state index contributed by atoms with van der Waals surface area (Å²) in [5.74, 6) is 0. The lowest BCUT2D eigenvalue weighted by atomic mass is 10.0. The summed E-state index contributed by atoms with van der Waals surface area (Å²) in [6.07, 6.45) is 5.14. The molecule has 2 heterocycles. The highest BCUT2D eigenvalue weighted by Gasteiger charge is 2.34. The monoisotopic (exact) mass is 254 g/mol. The zero-order valence-corrected chi connectivity index (χ0v) is 10.2. The van der Waals surface area contributed by atoms with E-state index in [4.69, 9.17) is 17.3 Å². The van der Waals surface area contributed by atoms with Gasteiger partial charge in [0.05, 0.1) is 18.3 Å². The molecule has 2 aliphatic heterocycles. The Morgan fingerprint density at radius 2 is 2.29 bits per heavy atom. The van der Waals surface area contributed by atoms with Gasteiger partial charge >= 0.3 is 6.03 Å². The normalized spacial score (nSPS) is 24.2. The van der Waals surface area contributed by atoms with Gasteiger partial charge < -0.3 is 10.6 Å². The third-order valence-corrected chi connectivity index (χ3v) is 3.68. The Kier molecular flexibility index (Phi) is 2.43. The topological polar surface area (TPSA) is 61.6 Å². The molecule has 17 heavy (non-hydrogen) atoms. The summed E-state index contributed by atoms with van der Waals surface area (Å²) in [5, 5.41) is 2.74. The van der Waals surface area contributed by atoms with Gasteiger partial charge in [-0.05, 0) is 30.9 Å². The number of nitrogens with two attached hydrogens (primary N) is 1. The number of nitrogens with one attached hydrogen (secondary N) is 1. The van der Waals surface area contributed by atoms with E-state index >= 15 is 0 Å². The van der Waals surface area contributed by atoms with Gasteiger partial charge in [0.2, 0.25) is 0 Å². The molecule has 3 rings (SSSR count). The van der Waals surface area contributed by atoms with Crippen molar-refractivity contribution in [1.29, 1.82) is 0 Å². The minimum absolute atomic E-state index is 0.364. The van der Waals surface area contributed by atoms with Crippen LogP contribution in [-0.2, 0) is 0 Å². The van der Waals surface area contributed by atoms with Crippen LogP contribution in [0.1, 0.15) is 19.3 Å². The third-order valence-electron chi connectivity index (χ3n) is 3.39. The molecule has 92 valence electrons. The smallest absolute Gasteiger partial charge is 0.315 e. The minimum Gasteiger partial charge on any atom is -0.351 e. The molecule has 0 aromatic rings. The highest BCUT2D eigenvalue weighted by molar-refractivity contribution is 6.29. The summed E-state index contributed by atoms with van der Waals surface area (Å²) in [4.78, 5) is 12.8. The Bertz CT molecular complexity index is 427. The van der Waals surface area contributed by atoms with Crippen LogP contribution >= 0.6 is 11.6 Å². The molecule has 3 aliphatic rings. The number of amides is 2. The zero-order valence-electron chi connectivity index (χ0n) is 9.45. The maximum atomic E-state index is 11.2. The van der Waals surface area contributed by atoms with Crippen LogP contribution in [0.25, 0.3) is 0 Å². The van der Waals surface area contributed by atoms with Gasteiger partial charge in [-0.15, -0.1) is 0 Å². The molecule has 0 unspecified atom stereocenters. The van der Waals surface area contributed by atoms with Gasteiger partial charge in [0.25, 0.3) is 0 Å². The summed E-state index contributed by atoms with van der Waals surface area (Å²) in [7, 11) is 0. The van der Waals surface area contributed by atoms with Crippen molar-refractivity contribution in [2.45, 2.75) is 25.3 Å². The van der Waals surface area contributed by atoms with Gasteiger partial charge in [0.15, 0.2) is 0 Å². The van der Waals surface area contributed by atoms with Crippen LogP contribution in [0.2, 0.25) is 0 Å². The number of nitrogens with zero attached hydrogens (tertiary/aromatic N) is 2. The average molecular weight is 255 g/mol. The second-order valence-electron chi connectivity index (χ2n) is 4.69. The average Bonchev–Trinajstić information content (AvgIpc) is 3.11. The number of hydrogen-bond acceptors (Lipinski definition) is 3. The molecule has 0 aromatic heterocycles. The van der Waals surface area contributed by atoms with Crippen molar-refractivity contribution in [2.75, 3.05) is 13.1 Å². The lowest BCUT2D eigenvalue weighted by Crippen LogP contribution is -2.48. The van der Waals surface area contributed by atoms with Crippen LogP contribution in [0.15, 0.2) is 22.5 Å². The zero-order chi connectivity index (χ0) is 12.0. The maximum Gasteiger partial charge on any atom is 0.315 e. The molecule has 0 aromatic carbocycles. The van der Waals surface area contributed by atoms with E-state index < -0.39 is 0 Å². The summed E-state index contributed by atoms with van der Waals surface area (Å²) < 4.78 is 0. The Morgan fingerprint density at radius 1 is 1.53 bits per heavy atom. The predicted octanol–water partition coefficient (Wildman–Crippen LogP) is 1.09. The lowest BCUT2D eigenvalue weighted by Gasteiger charge is -2.37. The lowest BCUT2D eigenvalue weighted by molar-refractivity contribution is 0.199. The van der Waals surface area contributed by atoms with E-state index in [1.54, 1.807) is 4.90 Å². The van der Waals surface area contributed by atoms with Crippen LogP contribution in [0.3, 0.4) is 0 Å². The van der Waals surface area contributed by atoms with E-state index in [2.05, 4.69) is 5.43 Å². The largest absolute Gasteiger partial charge is 0.351 e. The molecule has 1 fully saturated rings. The number of primary amides is 1. The Hall–Kier alpha value is -1.36. The number of allylic oxidation sites excluding steroid dienone is 1. The quantitative estimate of drug-likeness (QED) is 0.689. The molecule has 0 radical (unpaired) electrons. The first-order valence-corrected chi connectivity index (χ1v) is 6.22. The Morgan fingerprint density at radius 3 is 2.94 bits per heavy atom. The summed E-state index contributed by atoms with van der Waals surface area (Å²) in [6, 6.07) is 0.133. The van der Waals surface area contributed by atoms with Crippen molar-refractivity contribution in [3.63, 3.8) is 0 Å². The van der Waals surface area contributed by atoms with Crippen molar-refractivity contribution < 1.29 is 4.79 Å². The van der Waals surface area contributed by atoms with Crippen LogP contribution < -0.4 is 11.2 Å². The number of rotatable bonds is 1. The van der Waals surface area contributed by atoms with Crippen molar-refractivity contribution in [1.82, 2.24) is 15.3 Å². The Labute approximate surface area is 105 Å². The maximum absolute atomic E-state index is 11.2. The molecule has 0 bridgehead atoms. The van der Waals surface area contributed by atoms with Crippen molar-refractivity contribution in [2.24, 2.45) is 5.73 Å². The standard InChI is InChI=1S/C11H15ClN4O/c12-10-5-7-3-4-15(11(13)17)6-9(7)14-16(10)8-1-2-8/h5,8,14H,1-4,6H2,(H2,13,17). The molecular weight excluding hydrogens is 240 g/mol. The molecule has 0 atom stereocenters. The Balaban J connectivity index is 1.80. The highest BCUT2D eigenvalue weighted by Crippen LogP contribution is 2.34. The summed E-state index contributed by atoms with van der Waals surface area (Å²) >= 11 is 6.22. The molecule has 1 aliphatic carbocycles. The molecule has 3 N–H and O–H groups in total. The highest BCUT2D eigenvalue weighted by atomic mass is 35.5. The van der Waals surface area contributed by atoms with Gasteiger partial charge in [-0.3, -0.25) is 10.4 Å². The number of halogens is 1. The van der Waals surface area contributed by atoms with E-state index in [9.17, 15) is 4.79 Å². The summed E-state index contributed by atoms with van der Waals surface area (Å²) in [6.45, 7) is 1.22. The van der Waals surface area contributed by atoms with Crippen LogP contribution in [0.5, 0.6) is 0 Å². The number of carbonyl (C=O) groups excluding carboxylic acids is 1. The molecular formula is C11H15ClN4O. The second kappa shape index (κ2) is 3.84. The SMILES string of the molecule is NC(=O)N1CCC2=C(C1)NN(C1CC1)C(Cl)=C2. The first-order valence-electron chi connectivity index (χ1n) is 5.84. The first-order chi connectivity index (χ1) is 8.15. The van der Waals surface area contributed by atoms with Crippen LogP contribution in [0, 0.1) is 0 Å². The fourth-order valence-electron chi connectivity index (χ4n) is 2.24. The van der Waals surface area contributed by atoms with E-state index in [1.807, 2.05) is 11.1 Å². The number of hydrogen-bond donors (Lipinski definition) is 2. The number of urea groups is 1. The van der Waals surface area contributed by atoms with Gasteiger partial charge in [-0.2, -0.15) is 0 Å². The number of hydrazine groups is 1. The minimum atomic E-state index is -0.364. The predicted molar refractivity (Wildman–Crippen MR) is 64.7 cm³/mol. The van der Waals surface area contributed by atoms with E-state index in [-0.39, 0.29) is 6.03 Å². The van der Waals surface area contributed by atoms with Crippen molar-refractivity contribution in [3.05, 3.63) is 22.5 Å². The van der Waals surface area contributed by atoms with Gasteiger partial charge in [0.1, 0.15) is 5.16 Å². The fourth-order valence-corrected chi connectivity index (χ4v) is 2.55. The molecule has 2 amide bonds. The fraction of sp³-hybridized carbons (Fsp3) is 0.545. The van der Waals surface area contributed by atoms with Crippen molar-refractivity contribution >= 4 is 17.6 Å². The van der Waals surface area contributed by atoms with E-state index in [0.717, 1.165) is 17.3 Å². The third kappa shape index (κ3) is 1.95. The first kappa shape index (κ1) is 10.8. The van der Waals surface area contributed by atoms with E-state index in [0.29, 0.717) is 19.1 Å².